The lowest BCUT2D eigenvalue weighted by atomic mass is 10.1. The lowest BCUT2D eigenvalue weighted by Gasteiger charge is -2.30. The maximum absolute atomic E-state index is 12.0. The number of para-hydroxylation sites is 1. The van der Waals surface area contributed by atoms with Crippen LogP contribution in [-0.2, 0) is 16.0 Å². The largest absolute Gasteiger partial charge is 0.376 e. The number of morpholine rings is 1. The van der Waals surface area contributed by atoms with Crippen molar-refractivity contribution in [2.24, 2.45) is 0 Å². The number of nitrogens with zero attached hydrogens (tertiary/aromatic N) is 1. The van der Waals surface area contributed by atoms with Gasteiger partial charge in [0.1, 0.15) is 0 Å². The molecule has 0 aliphatic carbocycles. The fraction of sp³-hybridized carbons (Fsp3) is 0.471. The van der Waals surface area contributed by atoms with Crippen molar-refractivity contribution < 1.29 is 9.53 Å². The number of ether oxygens (including phenoxy) is 1. The van der Waals surface area contributed by atoms with Gasteiger partial charge in [0, 0.05) is 36.7 Å². The fourth-order valence-corrected chi connectivity index (χ4v) is 2.97. The molecule has 1 fully saturated rings. The Morgan fingerprint density at radius 3 is 3.18 bits per heavy atom. The normalized spacial score (nSPS) is 19.4. The van der Waals surface area contributed by atoms with Crippen molar-refractivity contribution in [1.82, 2.24) is 15.2 Å². The van der Waals surface area contributed by atoms with Crippen LogP contribution in [0.15, 0.2) is 30.5 Å². The van der Waals surface area contributed by atoms with Crippen molar-refractivity contribution >= 4 is 16.8 Å². The summed E-state index contributed by atoms with van der Waals surface area (Å²) in [5.74, 6) is 0.0916. The number of nitrogens with one attached hydrogen (secondary N) is 2. The summed E-state index contributed by atoms with van der Waals surface area (Å²) in [7, 11) is 0. The van der Waals surface area contributed by atoms with Gasteiger partial charge in [0.05, 0.1) is 19.3 Å². The van der Waals surface area contributed by atoms with E-state index < -0.39 is 0 Å². The van der Waals surface area contributed by atoms with Gasteiger partial charge < -0.3 is 15.0 Å². The zero-order valence-corrected chi connectivity index (χ0v) is 13.0. The van der Waals surface area contributed by atoms with E-state index in [1.807, 2.05) is 25.3 Å². The average Bonchev–Trinajstić information content (AvgIpc) is 2.91. The Hall–Kier alpha value is -1.85. The number of carbonyl (C=O) groups is 1. The molecule has 3 rings (SSSR count). The van der Waals surface area contributed by atoms with Crippen molar-refractivity contribution in [3.05, 3.63) is 36.0 Å². The summed E-state index contributed by atoms with van der Waals surface area (Å²) in [6.07, 6.45) is 3.09. The van der Waals surface area contributed by atoms with Crippen LogP contribution in [-0.4, -0.2) is 54.7 Å². The second-order valence-electron chi connectivity index (χ2n) is 5.88. The number of benzene rings is 1. The van der Waals surface area contributed by atoms with Crippen LogP contribution in [0.1, 0.15) is 12.5 Å². The Labute approximate surface area is 130 Å². The summed E-state index contributed by atoms with van der Waals surface area (Å²) < 4.78 is 5.48. The first-order valence-corrected chi connectivity index (χ1v) is 7.88. The second kappa shape index (κ2) is 6.94. The van der Waals surface area contributed by atoms with Gasteiger partial charge in [0.2, 0.25) is 5.91 Å². The molecule has 2 heterocycles. The van der Waals surface area contributed by atoms with Crippen molar-refractivity contribution in [3.63, 3.8) is 0 Å². The molecule has 0 saturated carbocycles. The highest BCUT2D eigenvalue weighted by Crippen LogP contribution is 2.17. The maximum atomic E-state index is 12.0. The molecule has 1 aromatic carbocycles. The Kier molecular flexibility index (Phi) is 4.75. The van der Waals surface area contributed by atoms with Gasteiger partial charge in [-0.3, -0.25) is 9.69 Å². The topological polar surface area (TPSA) is 57.4 Å². The number of aromatic nitrogens is 1. The SMILES string of the molecule is C[C@@H]1CN(CC(=O)NCCc2c[nH]c3ccccc23)CCO1. The number of amides is 1. The van der Waals surface area contributed by atoms with Crippen LogP contribution in [0, 0.1) is 0 Å². The monoisotopic (exact) mass is 301 g/mol. The van der Waals surface area contributed by atoms with Gasteiger partial charge in [-0.05, 0) is 25.0 Å². The average molecular weight is 301 g/mol. The van der Waals surface area contributed by atoms with Gasteiger partial charge >= 0.3 is 0 Å². The standard InChI is InChI=1S/C17H23N3O2/c1-13-11-20(8-9-22-13)12-17(21)18-7-6-14-10-19-16-5-3-2-4-15(14)16/h2-5,10,13,19H,6-9,11-12H2,1H3,(H,18,21)/t13-/m1/s1. The summed E-state index contributed by atoms with van der Waals surface area (Å²) >= 11 is 0. The molecule has 1 saturated heterocycles. The summed E-state index contributed by atoms with van der Waals surface area (Å²) in [6.45, 7) is 5.54. The maximum Gasteiger partial charge on any atom is 0.234 e. The molecule has 0 spiro atoms. The number of fused-ring (bicyclic) bond motifs is 1. The third kappa shape index (κ3) is 3.67. The van der Waals surface area contributed by atoms with Crippen molar-refractivity contribution in [2.45, 2.75) is 19.4 Å². The van der Waals surface area contributed by atoms with Crippen LogP contribution in [0.25, 0.3) is 10.9 Å². The zero-order valence-electron chi connectivity index (χ0n) is 13.0. The molecule has 1 aliphatic rings. The van der Waals surface area contributed by atoms with Gasteiger partial charge in [0.15, 0.2) is 0 Å². The van der Waals surface area contributed by atoms with E-state index in [0.717, 1.165) is 25.0 Å². The van der Waals surface area contributed by atoms with E-state index in [4.69, 9.17) is 4.74 Å². The van der Waals surface area contributed by atoms with E-state index in [-0.39, 0.29) is 12.0 Å². The van der Waals surface area contributed by atoms with Crippen LogP contribution in [0.4, 0.5) is 0 Å². The molecule has 1 amide bonds. The van der Waals surface area contributed by atoms with Crippen molar-refractivity contribution in [2.75, 3.05) is 32.8 Å². The molecule has 5 nitrogen and oxygen atoms in total. The molecular formula is C17H23N3O2. The number of hydrogen-bond donors (Lipinski definition) is 2. The first-order chi connectivity index (χ1) is 10.7. The van der Waals surface area contributed by atoms with Crippen LogP contribution in [0.2, 0.25) is 0 Å². The molecule has 1 aromatic heterocycles. The smallest absolute Gasteiger partial charge is 0.234 e. The fourth-order valence-electron chi connectivity index (χ4n) is 2.97. The Morgan fingerprint density at radius 1 is 1.45 bits per heavy atom. The first kappa shape index (κ1) is 15.1. The van der Waals surface area contributed by atoms with E-state index in [1.165, 1.54) is 10.9 Å². The third-order valence-electron chi connectivity index (χ3n) is 4.08. The minimum Gasteiger partial charge on any atom is -0.376 e. The lowest BCUT2D eigenvalue weighted by molar-refractivity contribution is -0.124. The number of H-pyrrole nitrogens is 1. The molecule has 2 aromatic rings. The van der Waals surface area contributed by atoms with Gasteiger partial charge in [-0.25, -0.2) is 0 Å². The van der Waals surface area contributed by atoms with E-state index >= 15 is 0 Å². The third-order valence-corrected chi connectivity index (χ3v) is 4.08. The highest BCUT2D eigenvalue weighted by atomic mass is 16.5. The minimum absolute atomic E-state index is 0.0916. The van der Waals surface area contributed by atoms with E-state index in [1.54, 1.807) is 0 Å². The highest BCUT2D eigenvalue weighted by molar-refractivity contribution is 5.83. The molecule has 0 radical (unpaired) electrons. The van der Waals surface area contributed by atoms with Crippen LogP contribution < -0.4 is 5.32 Å². The van der Waals surface area contributed by atoms with Crippen LogP contribution in [0.5, 0.6) is 0 Å². The number of hydrogen-bond acceptors (Lipinski definition) is 3. The Morgan fingerprint density at radius 2 is 2.32 bits per heavy atom. The predicted molar refractivity (Wildman–Crippen MR) is 86.9 cm³/mol. The lowest BCUT2D eigenvalue weighted by Crippen LogP contribution is -2.46. The molecule has 0 unspecified atom stereocenters. The molecule has 1 aliphatic heterocycles. The van der Waals surface area contributed by atoms with Gasteiger partial charge in [0.25, 0.3) is 0 Å². The molecular weight excluding hydrogens is 278 g/mol. The molecule has 0 bridgehead atoms. The predicted octanol–water partition coefficient (Wildman–Crippen LogP) is 1.55. The van der Waals surface area contributed by atoms with Crippen LogP contribution in [0.3, 0.4) is 0 Å². The molecule has 118 valence electrons. The zero-order chi connectivity index (χ0) is 15.4. The molecule has 1 atom stereocenters. The number of rotatable bonds is 5. The Balaban J connectivity index is 1.45. The quantitative estimate of drug-likeness (QED) is 0.881. The van der Waals surface area contributed by atoms with Gasteiger partial charge in [-0.1, -0.05) is 18.2 Å². The summed E-state index contributed by atoms with van der Waals surface area (Å²) in [6, 6.07) is 8.24. The van der Waals surface area contributed by atoms with E-state index in [0.29, 0.717) is 19.7 Å². The van der Waals surface area contributed by atoms with Crippen molar-refractivity contribution in [3.8, 4) is 0 Å². The number of carbonyl (C=O) groups excluding carboxylic acids is 1. The molecule has 2 N–H and O–H groups in total. The molecule has 22 heavy (non-hydrogen) atoms. The summed E-state index contributed by atoms with van der Waals surface area (Å²) in [5.41, 5.74) is 2.39. The summed E-state index contributed by atoms with van der Waals surface area (Å²) in [5, 5.41) is 4.25. The van der Waals surface area contributed by atoms with E-state index in [9.17, 15) is 4.79 Å². The highest BCUT2D eigenvalue weighted by Gasteiger charge is 2.18. The van der Waals surface area contributed by atoms with Crippen LogP contribution >= 0.6 is 0 Å². The van der Waals surface area contributed by atoms with E-state index in [2.05, 4.69) is 27.3 Å². The Bertz CT molecular complexity index is 638. The summed E-state index contributed by atoms with van der Waals surface area (Å²) in [4.78, 5) is 17.4. The molecule has 5 heteroatoms. The van der Waals surface area contributed by atoms with Gasteiger partial charge in [-0.15, -0.1) is 0 Å². The van der Waals surface area contributed by atoms with Crippen molar-refractivity contribution in [1.29, 1.82) is 0 Å². The first-order valence-electron chi connectivity index (χ1n) is 7.88. The van der Waals surface area contributed by atoms with Gasteiger partial charge in [-0.2, -0.15) is 0 Å². The minimum atomic E-state index is 0.0916. The second-order valence-corrected chi connectivity index (χ2v) is 5.88. The number of aromatic amines is 1.